The van der Waals surface area contributed by atoms with Gasteiger partial charge in [0.1, 0.15) is 5.69 Å². The smallest absolute Gasteiger partial charge is 0.258 e. The lowest BCUT2D eigenvalue weighted by Gasteiger charge is -2.23. The van der Waals surface area contributed by atoms with Crippen molar-refractivity contribution in [3.63, 3.8) is 0 Å². The minimum atomic E-state index is -2.65. The summed E-state index contributed by atoms with van der Waals surface area (Å²) in [5, 5.41) is 0. The van der Waals surface area contributed by atoms with Gasteiger partial charge in [-0.2, -0.15) is 0 Å². The first-order chi connectivity index (χ1) is 14.3. The predicted molar refractivity (Wildman–Crippen MR) is 120 cm³/mol. The molecule has 1 saturated carbocycles. The molecule has 1 heterocycles. The summed E-state index contributed by atoms with van der Waals surface area (Å²) in [7, 11) is 0. The zero-order valence-corrected chi connectivity index (χ0v) is 20.1. The minimum Gasteiger partial charge on any atom is -0.376 e. The average molecular weight is 437 g/mol. The van der Waals surface area contributed by atoms with Gasteiger partial charge < -0.3 is 4.74 Å². The van der Waals surface area contributed by atoms with E-state index in [1.54, 1.807) is 26.8 Å². The number of hydrogen-bond acceptors (Lipinski definition) is 4. The van der Waals surface area contributed by atoms with Crippen molar-refractivity contribution in [2.45, 2.75) is 98.5 Å². The number of allylic oxidation sites excluding steroid dienone is 1. The molecule has 0 aliphatic heterocycles. The van der Waals surface area contributed by atoms with Gasteiger partial charge in [-0.05, 0) is 66.4 Å². The van der Waals surface area contributed by atoms with Crippen LogP contribution in [0.5, 0.6) is 0 Å². The highest BCUT2D eigenvalue weighted by molar-refractivity contribution is 5.94. The molecule has 0 saturated heterocycles. The zero-order chi connectivity index (χ0) is 23.4. The van der Waals surface area contributed by atoms with Crippen LogP contribution in [0.3, 0.4) is 0 Å². The van der Waals surface area contributed by atoms with Crippen molar-refractivity contribution >= 4 is 11.9 Å². The molecule has 6 heteroatoms. The lowest BCUT2D eigenvalue weighted by molar-refractivity contribution is -0.0243. The third-order valence-corrected chi connectivity index (χ3v) is 6.35. The van der Waals surface area contributed by atoms with Gasteiger partial charge in [-0.3, -0.25) is 9.78 Å². The quantitative estimate of drug-likeness (QED) is 0.282. The monoisotopic (exact) mass is 436 g/mol. The zero-order valence-electron chi connectivity index (χ0n) is 20.1. The van der Waals surface area contributed by atoms with Crippen molar-refractivity contribution in [1.82, 2.24) is 9.97 Å². The van der Waals surface area contributed by atoms with Gasteiger partial charge in [0.25, 0.3) is 5.92 Å². The van der Waals surface area contributed by atoms with Crippen LogP contribution in [-0.4, -0.2) is 33.9 Å². The van der Waals surface area contributed by atoms with Crippen LogP contribution in [0.2, 0.25) is 0 Å². The Labute approximate surface area is 185 Å². The van der Waals surface area contributed by atoms with Crippen LogP contribution in [0.1, 0.15) is 102 Å². The molecular formula is C25H38F2N2O2. The molecule has 31 heavy (non-hydrogen) atoms. The fraction of sp³-hybridized carbons (Fsp3) is 0.720. The third-order valence-electron chi connectivity index (χ3n) is 6.35. The number of Topliss-reactive ketones (excluding diaryl/α,β-unsaturated/α-hetero) is 1. The van der Waals surface area contributed by atoms with Crippen LogP contribution in [0.25, 0.3) is 6.08 Å². The van der Waals surface area contributed by atoms with Crippen LogP contribution >= 0.6 is 0 Å². The Hall–Kier alpha value is -1.69. The van der Waals surface area contributed by atoms with Crippen LogP contribution in [0.15, 0.2) is 11.8 Å². The number of nitrogens with zero attached hydrogens (tertiary/aromatic N) is 2. The first-order valence-corrected chi connectivity index (χ1v) is 11.4. The van der Waals surface area contributed by atoms with Crippen molar-refractivity contribution < 1.29 is 18.3 Å². The summed E-state index contributed by atoms with van der Waals surface area (Å²) in [4.78, 5) is 21.2. The summed E-state index contributed by atoms with van der Waals surface area (Å²) >= 11 is 0. The van der Waals surface area contributed by atoms with Crippen molar-refractivity contribution in [2.75, 3.05) is 6.61 Å². The normalized spacial score (nSPS) is 21.8. The Morgan fingerprint density at radius 1 is 1.32 bits per heavy atom. The molecule has 174 valence electrons. The molecular weight excluding hydrogens is 398 g/mol. The largest absolute Gasteiger partial charge is 0.376 e. The fourth-order valence-electron chi connectivity index (χ4n) is 3.58. The average Bonchev–Trinajstić information content (AvgIpc) is 3.20. The molecule has 0 bridgehead atoms. The van der Waals surface area contributed by atoms with Gasteiger partial charge in [0.2, 0.25) is 0 Å². The van der Waals surface area contributed by atoms with Crippen LogP contribution < -0.4 is 0 Å². The Kier molecular flexibility index (Phi) is 8.12. The van der Waals surface area contributed by atoms with Crippen LogP contribution in [0.4, 0.5) is 8.78 Å². The van der Waals surface area contributed by atoms with E-state index in [1.807, 2.05) is 0 Å². The molecule has 0 radical (unpaired) electrons. The standard InChI is InChI=1S/C25H38F2N2O2/c1-8-19(15-31-23(4,5)6)11-9-10-12-22(30)21-14-28-20(18(3)29-21)13-17(2)24(7)16-25(24,26)27/h13-14,19H,8-12,15-16H2,1-7H3/b17-13+/t19-,24?/m1/s1. The number of aryl methyl sites for hydroxylation is 1. The highest BCUT2D eigenvalue weighted by Gasteiger charge is 2.68. The third kappa shape index (κ3) is 6.90. The lowest BCUT2D eigenvalue weighted by atomic mass is 9.97. The number of aromatic nitrogens is 2. The highest BCUT2D eigenvalue weighted by atomic mass is 19.3. The SMILES string of the molecule is CC[C@H](CCCCC(=O)c1cnc(/C=C(\C)C2(C)CC2(F)F)c(C)n1)COC(C)(C)C. The molecule has 0 amide bonds. The molecule has 1 unspecified atom stereocenters. The summed E-state index contributed by atoms with van der Waals surface area (Å²) < 4.78 is 33.1. The first-order valence-electron chi connectivity index (χ1n) is 11.4. The summed E-state index contributed by atoms with van der Waals surface area (Å²) in [5.41, 5.74) is 0.847. The highest BCUT2D eigenvalue weighted by Crippen LogP contribution is 2.64. The maximum Gasteiger partial charge on any atom is 0.258 e. The van der Waals surface area contributed by atoms with E-state index >= 15 is 0 Å². The van der Waals surface area contributed by atoms with Gasteiger partial charge in [-0.25, -0.2) is 13.8 Å². The van der Waals surface area contributed by atoms with Gasteiger partial charge in [-0.15, -0.1) is 0 Å². The number of ketones is 1. The van der Waals surface area contributed by atoms with E-state index in [1.165, 1.54) is 6.20 Å². The van der Waals surface area contributed by atoms with Crippen LogP contribution in [0, 0.1) is 18.3 Å². The first kappa shape index (κ1) is 25.6. The number of halogens is 2. The van der Waals surface area contributed by atoms with E-state index < -0.39 is 11.3 Å². The maximum absolute atomic E-state index is 13.6. The molecule has 1 aliphatic carbocycles. The number of carbonyl (C=O) groups is 1. The Bertz CT molecular complexity index is 814. The number of ether oxygens (including phenoxy) is 1. The molecule has 2 rings (SSSR count). The maximum atomic E-state index is 13.6. The Morgan fingerprint density at radius 2 is 1.97 bits per heavy atom. The number of carbonyl (C=O) groups excluding carboxylic acids is 1. The van der Waals surface area contributed by atoms with E-state index in [9.17, 15) is 13.6 Å². The molecule has 1 aromatic rings. The van der Waals surface area contributed by atoms with E-state index in [0.29, 0.717) is 35.0 Å². The molecule has 1 fully saturated rings. The van der Waals surface area contributed by atoms with Crippen molar-refractivity contribution in [2.24, 2.45) is 11.3 Å². The summed E-state index contributed by atoms with van der Waals surface area (Å²) in [6, 6.07) is 0. The van der Waals surface area contributed by atoms with E-state index in [-0.39, 0.29) is 17.8 Å². The summed E-state index contributed by atoms with van der Waals surface area (Å²) in [5.74, 6) is -2.17. The lowest BCUT2D eigenvalue weighted by Crippen LogP contribution is -2.23. The number of hydrogen-bond donors (Lipinski definition) is 0. The number of alkyl halides is 2. The van der Waals surface area contributed by atoms with Crippen molar-refractivity contribution in [3.8, 4) is 0 Å². The van der Waals surface area contributed by atoms with E-state index in [2.05, 4.69) is 37.7 Å². The Morgan fingerprint density at radius 3 is 2.48 bits per heavy atom. The summed E-state index contributed by atoms with van der Waals surface area (Å²) in [6.07, 6.45) is 7.31. The summed E-state index contributed by atoms with van der Waals surface area (Å²) in [6.45, 7) is 14.1. The van der Waals surface area contributed by atoms with Gasteiger partial charge >= 0.3 is 0 Å². The van der Waals surface area contributed by atoms with Crippen molar-refractivity contribution in [3.05, 3.63) is 28.9 Å². The van der Waals surface area contributed by atoms with Crippen molar-refractivity contribution in [1.29, 1.82) is 0 Å². The molecule has 1 aliphatic rings. The van der Waals surface area contributed by atoms with Gasteiger partial charge in [0.15, 0.2) is 5.78 Å². The molecule has 4 nitrogen and oxygen atoms in total. The molecule has 2 atom stereocenters. The van der Waals surface area contributed by atoms with Crippen LogP contribution in [-0.2, 0) is 4.74 Å². The Balaban J connectivity index is 1.86. The molecule has 0 spiro atoms. The minimum absolute atomic E-state index is 0.0254. The second kappa shape index (κ2) is 9.85. The molecule has 0 aromatic carbocycles. The topological polar surface area (TPSA) is 52.1 Å². The second-order valence-corrected chi connectivity index (χ2v) is 10.1. The fourth-order valence-corrected chi connectivity index (χ4v) is 3.58. The van der Waals surface area contributed by atoms with Gasteiger partial charge in [0, 0.05) is 12.8 Å². The molecule has 1 aromatic heterocycles. The predicted octanol–water partition coefficient (Wildman–Crippen LogP) is 6.82. The molecule has 0 N–H and O–H groups in total. The van der Waals surface area contributed by atoms with E-state index in [0.717, 1.165) is 32.3 Å². The number of unbranched alkanes of at least 4 members (excludes halogenated alkanes) is 1. The van der Waals surface area contributed by atoms with Gasteiger partial charge in [0.05, 0.1) is 35.2 Å². The number of rotatable bonds is 11. The second-order valence-electron chi connectivity index (χ2n) is 10.1. The van der Waals surface area contributed by atoms with E-state index in [4.69, 9.17) is 4.74 Å². The van der Waals surface area contributed by atoms with Gasteiger partial charge in [-0.1, -0.05) is 25.3 Å².